The molecule has 0 saturated heterocycles. The van der Waals surface area contributed by atoms with Gasteiger partial charge in [-0.15, -0.1) is 0 Å². The van der Waals surface area contributed by atoms with Crippen LogP contribution < -0.4 is 10.2 Å². The molecule has 4 nitrogen and oxygen atoms in total. The summed E-state index contributed by atoms with van der Waals surface area (Å²) in [5.74, 6) is 1.50. The van der Waals surface area contributed by atoms with E-state index in [2.05, 4.69) is 41.1 Å². The molecule has 0 aliphatic heterocycles. The fraction of sp³-hybridized carbons (Fsp3) is 0.643. The zero-order valence-corrected chi connectivity index (χ0v) is 14.2. The van der Waals surface area contributed by atoms with Crippen molar-refractivity contribution in [2.24, 2.45) is 0 Å². The third-order valence-corrected chi connectivity index (χ3v) is 3.43. The second kappa shape index (κ2) is 8.55. The average molecular weight is 319 g/mol. The van der Waals surface area contributed by atoms with Crippen LogP contribution in [0.4, 0.5) is 11.6 Å². The van der Waals surface area contributed by atoms with Gasteiger partial charge in [-0.2, -0.15) is 0 Å². The first kappa shape index (κ1) is 17.3. The van der Waals surface area contributed by atoms with Crippen LogP contribution in [0.25, 0.3) is 0 Å². The Bertz CT molecular complexity index is 424. The molecule has 0 saturated carbocycles. The number of anilines is 2. The van der Waals surface area contributed by atoms with Gasteiger partial charge in [0.15, 0.2) is 0 Å². The molecule has 1 aromatic heterocycles. The minimum atomic E-state index is 0.560. The van der Waals surface area contributed by atoms with Gasteiger partial charge in [0, 0.05) is 26.2 Å². The summed E-state index contributed by atoms with van der Waals surface area (Å²) in [6.45, 7) is 7.71. The van der Waals surface area contributed by atoms with E-state index in [0.717, 1.165) is 38.4 Å². The van der Waals surface area contributed by atoms with Crippen molar-refractivity contribution < 1.29 is 0 Å². The number of aromatic nitrogens is 1. The molecule has 0 amide bonds. The summed E-state index contributed by atoms with van der Waals surface area (Å²) in [7, 11) is 4.12. The maximum atomic E-state index is 6.32. The molecule has 1 heterocycles. The molecule has 0 spiro atoms. The first-order chi connectivity index (χ1) is 9.49. The van der Waals surface area contributed by atoms with E-state index in [1.807, 2.05) is 6.92 Å². The van der Waals surface area contributed by atoms with Crippen molar-refractivity contribution in [3.05, 3.63) is 16.1 Å². The summed E-state index contributed by atoms with van der Waals surface area (Å²) >= 11 is 12.5. The molecular formula is C14H24Cl2N4. The Labute approximate surface area is 132 Å². The lowest BCUT2D eigenvalue weighted by molar-refractivity contribution is 0.412. The lowest BCUT2D eigenvalue weighted by atomic mass is 10.3. The molecule has 1 N–H and O–H groups in total. The number of likely N-dealkylation sites (N-methyl/N-ethyl adjacent to an activating group) is 1. The highest BCUT2D eigenvalue weighted by Gasteiger charge is 2.15. The van der Waals surface area contributed by atoms with Gasteiger partial charge in [-0.3, -0.25) is 0 Å². The molecule has 0 aliphatic rings. The topological polar surface area (TPSA) is 31.4 Å². The van der Waals surface area contributed by atoms with Crippen molar-refractivity contribution in [1.29, 1.82) is 0 Å². The summed E-state index contributed by atoms with van der Waals surface area (Å²) in [4.78, 5) is 8.95. The minimum Gasteiger partial charge on any atom is -0.369 e. The van der Waals surface area contributed by atoms with Crippen LogP contribution >= 0.6 is 23.2 Å². The van der Waals surface area contributed by atoms with Crippen molar-refractivity contribution >= 4 is 34.8 Å². The van der Waals surface area contributed by atoms with E-state index in [-0.39, 0.29) is 0 Å². The first-order valence-corrected chi connectivity index (χ1v) is 7.74. The molecule has 0 aromatic carbocycles. The largest absolute Gasteiger partial charge is 0.369 e. The van der Waals surface area contributed by atoms with Gasteiger partial charge in [-0.1, -0.05) is 30.1 Å². The molecule has 0 aliphatic carbocycles. The first-order valence-electron chi connectivity index (χ1n) is 6.99. The fourth-order valence-electron chi connectivity index (χ4n) is 1.88. The number of nitrogens with zero attached hydrogens (tertiary/aromatic N) is 3. The van der Waals surface area contributed by atoms with Crippen molar-refractivity contribution in [2.75, 3.05) is 50.5 Å². The molecule has 0 radical (unpaired) electrons. The molecule has 0 unspecified atom stereocenters. The van der Waals surface area contributed by atoms with Crippen LogP contribution in [0.15, 0.2) is 6.07 Å². The normalized spacial score (nSPS) is 10.9. The maximum Gasteiger partial charge on any atom is 0.149 e. The minimum absolute atomic E-state index is 0.560. The van der Waals surface area contributed by atoms with Gasteiger partial charge in [-0.05, 0) is 33.5 Å². The van der Waals surface area contributed by atoms with Crippen molar-refractivity contribution in [3.8, 4) is 0 Å². The summed E-state index contributed by atoms with van der Waals surface area (Å²) in [5.41, 5.74) is 0. The highest BCUT2D eigenvalue weighted by atomic mass is 35.5. The lowest BCUT2D eigenvalue weighted by Crippen LogP contribution is -2.33. The number of hydrogen-bond acceptors (Lipinski definition) is 4. The van der Waals surface area contributed by atoms with Crippen LogP contribution in [0, 0.1) is 0 Å². The fourth-order valence-corrected chi connectivity index (χ4v) is 2.43. The quantitative estimate of drug-likeness (QED) is 0.793. The van der Waals surface area contributed by atoms with E-state index in [1.165, 1.54) is 0 Å². The monoisotopic (exact) mass is 318 g/mol. The summed E-state index contributed by atoms with van der Waals surface area (Å²) in [6, 6.07) is 1.77. The molecule has 6 heteroatoms. The molecule has 1 aromatic rings. The van der Waals surface area contributed by atoms with E-state index in [9.17, 15) is 0 Å². The van der Waals surface area contributed by atoms with Crippen molar-refractivity contribution in [2.45, 2.75) is 20.3 Å². The average Bonchev–Trinajstić information content (AvgIpc) is 2.38. The van der Waals surface area contributed by atoms with Crippen molar-refractivity contribution in [3.63, 3.8) is 0 Å². The summed E-state index contributed by atoms with van der Waals surface area (Å²) in [5, 5.41) is 4.33. The van der Waals surface area contributed by atoms with Crippen LogP contribution in [0.1, 0.15) is 20.3 Å². The van der Waals surface area contributed by atoms with Crippen LogP contribution in [0.5, 0.6) is 0 Å². The standard InChI is InChI=1S/C14H24Cl2N4/c1-5-7-20(9-8-19(3)4)14-12(16)10-11(15)13(18-14)17-6-2/h10H,5-9H2,1-4H3,(H,17,18). The van der Waals surface area contributed by atoms with Gasteiger partial charge in [0.1, 0.15) is 11.6 Å². The van der Waals surface area contributed by atoms with E-state index < -0.39 is 0 Å². The van der Waals surface area contributed by atoms with Gasteiger partial charge in [0.2, 0.25) is 0 Å². The second-order valence-electron chi connectivity index (χ2n) is 4.94. The molecular weight excluding hydrogens is 295 g/mol. The second-order valence-corrected chi connectivity index (χ2v) is 5.76. The highest BCUT2D eigenvalue weighted by molar-refractivity contribution is 6.37. The Hall–Kier alpha value is -0.710. The number of rotatable bonds is 8. The molecule has 1 rings (SSSR count). The molecule has 20 heavy (non-hydrogen) atoms. The zero-order valence-electron chi connectivity index (χ0n) is 12.7. The van der Waals surface area contributed by atoms with E-state index in [0.29, 0.717) is 15.9 Å². The molecule has 0 bridgehead atoms. The maximum absolute atomic E-state index is 6.32. The Morgan fingerprint density at radius 3 is 2.35 bits per heavy atom. The van der Waals surface area contributed by atoms with Gasteiger partial charge in [0.25, 0.3) is 0 Å². The van der Waals surface area contributed by atoms with Crippen LogP contribution in [0.2, 0.25) is 10.0 Å². The van der Waals surface area contributed by atoms with E-state index in [4.69, 9.17) is 23.2 Å². The smallest absolute Gasteiger partial charge is 0.149 e. The molecule has 0 atom stereocenters. The van der Waals surface area contributed by atoms with Crippen LogP contribution in [0.3, 0.4) is 0 Å². The molecule has 114 valence electrons. The SMILES string of the molecule is CCCN(CCN(C)C)c1nc(NCC)c(Cl)cc1Cl. The van der Waals surface area contributed by atoms with Crippen molar-refractivity contribution in [1.82, 2.24) is 9.88 Å². The predicted molar refractivity (Wildman–Crippen MR) is 89.5 cm³/mol. The molecule has 0 fully saturated rings. The van der Waals surface area contributed by atoms with Crippen LogP contribution in [-0.4, -0.2) is 50.2 Å². The number of pyridine rings is 1. The van der Waals surface area contributed by atoms with Gasteiger partial charge in [-0.25, -0.2) is 4.98 Å². The number of halogens is 2. The van der Waals surface area contributed by atoms with Crippen LogP contribution in [-0.2, 0) is 0 Å². The Morgan fingerprint density at radius 1 is 1.10 bits per heavy atom. The van der Waals surface area contributed by atoms with E-state index in [1.54, 1.807) is 6.07 Å². The summed E-state index contributed by atoms with van der Waals surface area (Å²) in [6.07, 6.45) is 1.05. The van der Waals surface area contributed by atoms with E-state index >= 15 is 0 Å². The number of hydrogen-bond donors (Lipinski definition) is 1. The lowest BCUT2D eigenvalue weighted by Gasteiger charge is -2.26. The third-order valence-electron chi connectivity index (χ3n) is 2.87. The zero-order chi connectivity index (χ0) is 15.1. The van der Waals surface area contributed by atoms with Gasteiger partial charge in [0.05, 0.1) is 10.0 Å². The van der Waals surface area contributed by atoms with Gasteiger partial charge >= 0.3 is 0 Å². The highest BCUT2D eigenvalue weighted by Crippen LogP contribution is 2.31. The Balaban J connectivity index is 3.01. The number of nitrogens with one attached hydrogen (secondary N) is 1. The van der Waals surface area contributed by atoms with Gasteiger partial charge < -0.3 is 15.1 Å². The Kier molecular flexibility index (Phi) is 7.41. The summed E-state index contributed by atoms with van der Waals surface area (Å²) < 4.78 is 0. The third kappa shape index (κ3) is 5.00. The predicted octanol–water partition coefficient (Wildman–Crippen LogP) is 3.60. The Morgan fingerprint density at radius 2 is 1.80 bits per heavy atom.